The van der Waals surface area contributed by atoms with Gasteiger partial charge in [-0.25, -0.2) is 0 Å². The highest BCUT2D eigenvalue weighted by Gasteiger charge is 2.35. The van der Waals surface area contributed by atoms with Crippen LogP contribution in [0.3, 0.4) is 0 Å². The lowest BCUT2D eigenvalue weighted by molar-refractivity contribution is -0.144. The summed E-state index contributed by atoms with van der Waals surface area (Å²) in [6.45, 7) is 1.64. The third-order valence-corrected chi connectivity index (χ3v) is 3.37. The van der Waals surface area contributed by atoms with Crippen molar-refractivity contribution >= 4 is 5.97 Å². The van der Waals surface area contributed by atoms with Crippen LogP contribution in [0.15, 0.2) is 12.3 Å². The normalized spacial score (nSPS) is 26.9. The number of carbonyl (C=O) groups is 1. The summed E-state index contributed by atoms with van der Waals surface area (Å²) in [4.78, 5) is 13.4. The molecule has 16 heavy (non-hydrogen) atoms. The number of hydrogen-bond donors (Lipinski definition) is 1. The summed E-state index contributed by atoms with van der Waals surface area (Å²) in [6.07, 6.45) is 2.44. The van der Waals surface area contributed by atoms with Gasteiger partial charge in [-0.3, -0.25) is 9.48 Å². The van der Waals surface area contributed by atoms with Crippen molar-refractivity contribution in [3.8, 4) is 0 Å². The van der Waals surface area contributed by atoms with Crippen molar-refractivity contribution in [3.05, 3.63) is 18.0 Å². The fraction of sp³-hybridized carbons (Fsp3) is 0.636. The molecule has 1 saturated heterocycles. The van der Waals surface area contributed by atoms with E-state index in [1.54, 1.807) is 10.9 Å². The van der Waals surface area contributed by atoms with Crippen LogP contribution in [0.1, 0.15) is 18.0 Å². The molecule has 1 aliphatic rings. The number of likely N-dealkylation sites (N-methyl/N-ethyl adjacent to an activating group) is 1. The highest BCUT2D eigenvalue weighted by molar-refractivity contribution is 5.71. The molecule has 0 spiro atoms. The second-order valence-corrected chi connectivity index (χ2v) is 4.48. The first kappa shape index (κ1) is 11.1. The third kappa shape index (κ3) is 1.95. The first-order valence-corrected chi connectivity index (χ1v) is 5.49. The average molecular weight is 223 g/mol. The minimum absolute atomic E-state index is 0.0451. The van der Waals surface area contributed by atoms with E-state index in [1.165, 1.54) is 0 Å². The largest absolute Gasteiger partial charge is 0.481 e. The van der Waals surface area contributed by atoms with Gasteiger partial charge in [0.25, 0.3) is 0 Å². The van der Waals surface area contributed by atoms with Crippen LogP contribution in [0.5, 0.6) is 0 Å². The Labute approximate surface area is 94.7 Å². The molecule has 0 aliphatic carbocycles. The summed E-state index contributed by atoms with van der Waals surface area (Å²) in [7, 11) is 3.89. The standard InChI is InChI=1S/C11H17N3O2/c1-13-6-4-8(11(15)16)9(7-13)10-3-5-12-14(10)2/h3,5,8-9H,4,6-7H2,1-2H3,(H,15,16). The lowest BCUT2D eigenvalue weighted by Crippen LogP contribution is -2.40. The molecule has 0 radical (unpaired) electrons. The molecule has 88 valence electrons. The van der Waals surface area contributed by atoms with Gasteiger partial charge in [0, 0.05) is 31.4 Å². The predicted octanol–water partition coefficient (Wildman–Crippen LogP) is 0.540. The highest BCUT2D eigenvalue weighted by Crippen LogP contribution is 2.31. The number of rotatable bonds is 2. The van der Waals surface area contributed by atoms with E-state index >= 15 is 0 Å². The Morgan fingerprint density at radius 1 is 1.56 bits per heavy atom. The number of carboxylic acids is 1. The Hall–Kier alpha value is -1.36. The Morgan fingerprint density at radius 2 is 2.31 bits per heavy atom. The topological polar surface area (TPSA) is 58.4 Å². The fourth-order valence-corrected chi connectivity index (χ4v) is 2.46. The maximum atomic E-state index is 11.2. The quantitative estimate of drug-likeness (QED) is 0.795. The smallest absolute Gasteiger partial charge is 0.307 e. The van der Waals surface area contributed by atoms with E-state index in [2.05, 4.69) is 10.00 Å². The van der Waals surface area contributed by atoms with Gasteiger partial charge < -0.3 is 10.0 Å². The molecule has 1 N–H and O–H groups in total. The van der Waals surface area contributed by atoms with Crippen molar-refractivity contribution < 1.29 is 9.90 Å². The first-order valence-electron chi connectivity index (χ1n) is 5.49. The summed E-state index contributed by atoms with van der Waals surface area (Å²) in [5.41, 5.74) is 1.01. The van der Waals surface area contributed by atoms with Gasteiger partial charge in [-0.1, -0.05) is 0 Å². The molecule has 0 amide bonds. The number of carboxylic acid groups (broad SMARTS) is 1. The maximum Gasteiger partial charge on any atom is 0.307 e. The molecule has 2 rings (SSSR count). The second-order valence-electron chi connectivity index (χ2n) is 4.48. The van der Waals surface area contributed by atoms with Crippen LogP contribution >= 0.6 is 0 Å². The molecule has 1 aliphatic heterocycles. The number of hydrogen-bond acceptors (Lipinski definition) is 3. The molecule has 2 heterocycles. The number of aromatic nitrogens is 2. The third-order valence-electron chi connectivity index (χ3n) is 3.37. The Kier molecular flexibility index (Phi) is 2.96. The molecule has 5 heteroatoms. The fourth-order valence-electron chi connectivity index (χ4n) is 2.46. The van der Waals surface area contributed by atoms with E-state index in [0.29, 0.717) is 6.42 Å². The molecular formula is C11H17N3O2. The number of aryl methyl sites for hydroxylation is 1. The lowest BCUT2D eigenvalue weighted by Gasteiger charge is -2.34. The first-order chi connectivity index (χ1) is 7.59. The van der Waals surface area contributed by atoms with Crippen molar-refractivity contribution in [1.82, 2.24) is 14.7 Å². The summed E-state index contributed by atoms with van der Waals surface area (Å²) in [5, 5.41) is 13.4. The molecular weight excluding hydrogens is 206 g/mol. The summed E-state index contributed by atoms with van der Waals surface area (Å²) >= 11 is 0. The zero-order valence-corrected chi connectivity index (χ0v) is 9.63. The molecule has 1 fully saturated rings. The van der Waals surface area contributed by atoms with Crippen LogP contribution in [-0.2, 0) is 11.8 Å². The molecule has 2 atom stereocenters. The van der Waals surface area contributed by atoms with Gasteiger partial charge >= 0.3 is 5.97 Å². The van der Waals surface area contributed by atoms with E-state index in [0.717, 1.165) is 18.8 Å². The number of piperidine rings is 1. The monoisotopic (exact) mass is 223 g/mol. The van der Waals surface area contributed by atoms with E-state index < -0.39 is 5.97 Å². The van der Waals surface area contributed by atoms with Crippen LogP contribution in [0, 0.1) is 5.92 Å². The number of likely N-dealkylation sites (tertiary alicyclic amines) is 1. The van der Waals surface area contributed by atoms with Gasteiger partial charge in [-0.15, -0.1) is 0 Å². The van der Waals surface area contributed by atoms with Crippen LogP contribution in [0.25, 0.3) is 0 Å². The van der Waals surface area contributed by atoms with Gasteiger partial charge in [0.1, 0.15) is 0 Å². The number of aliphatic carboxylic acids is 1. The maximum absolute atomic E-state index is 11.2. The molecule has 2 unspecified atom stereocenters. The Morgan fingerprint density at radius 3 is 2.88 bits per heavy atom. The summed E-state index contributed by atoms with van der Waals surface area (Å²) in [5.74, 6) is -0.936. The van der Waals surface area contributed by atoms with Crippen LogP contribution in [0.2, 0.25) is 0 Å². The van der Waals surface area contributed by atoms with Crippen molar-refractivity contribution in [2.45, 2.75) is 12.3 Å². The van der Waals surface area contributed by atoms with Gasteiger partial charge in [0.2, 0.25) is 0 Å². The van der Waals surface area contributed by atoms with Crippen LogP contribution < -0.4 is 0 Å². The highest BCUT2D eigenvalue weighted by atomic mass is 16.4. The van der Waals surface area contributed by atoms with Gasteiger partial charge in [-0.2, -0.15) is 5.10 Å². The van der Waals surface area contributed by atoms with Crippen LogP contribution in [-0.4, -0.2) is 45.9 Å². The molecule has 0 saturated carbocycles. The molecule has 1 aromatic rings. The zero-order chi connectivity index (χ0) is 11.7. The van der Waals surface area contributed by atoms with E-state index in [1.807, 2.05) is 20.2 Å². The minimum atomic E-state index is -0.695. The minimum Gasteiger partial charge on any atom is -0.481 e. The van der Waals surface area contributed by atoms with E-state index in [4.69, 9.17) is 0 Å². The van der Waals surface area contributed by atoms with Crippen LogP contribution in [0.4, 0.5) is 0 Å². The Balaban J connectivity index is 2.27. The molecule has 0 aromatic carbocycles. The molecule has 0 bridgehead atoms. The summed E-state index contributed by atoms with van der Waals surface area (Å²) in [6, 6.07) is 1.92. The van der Waals surface area contributed by atoms with Gasteiger partial charge in [0.05, 0.1) is 5.92 Å². The van der Waals surface area contributed by atoms with E-state index in [9.17, 15) is 9.90 Å². The predicted molar refractivity (Wildman–Crippen MR) is 59.2 cm³/mol. The van der Waals surface area contributed by atoms with E-state index in [-0.39, 0.29) is 11.8 Å². The average Bonchev–Trinajstić information content (AvgIpc) is 2.63. The zero-order valence-electron chi connectivity index (χ0n) is 9.63. The van der Waals surface area contributed by atoms with Gasteiger partial charge in [0.15, 0.2) is 0 Å². The van der Waals surface area contributed by atoms with Gasteiger partial charge in [-0.05, 0) is 26.1 Å². The van der Waals surface area contributed by atoms with Crippen molar-refractivity contribution in [2.24, 2.45) is 13.0 Å². The Bertz CT molecular complexity index is 388. The SMILES string of the molecule is CN1CCC(C(=O)O)C(c2ccnn2C)C1. The lowest BCUT2D eigenvalue weighted by atomic mass is 9.83. The number of nitrogens with zero attached hydrogens (tertiary/aromatic N) is 3. The van der Waals surface area contributed by atoms with Crippen molar-refractivity contribution in [2.75, 3.05) is 20.1 Å². The van der Waals surface area contributed by atoms with Crippen molar-refractivity contribution in [3.63, 3.8) is 0 Å². The molecule has 1 aromatic heterocycles. The second kappa shape index (κ2) is 4.25. The molecule has 5 nitrogen and oxygen atoms in total. The summed E-state index contributed by atoms with van der Waals surface area (Å²) < 4.78 is 1.78. The van der Waals surface area contributed by atoms with Crippen molar-refractivity contribution in [1.29, 1.82) is 0 Å².